The second kappa shape index (κ2) is 4.51. The van der Waals surface area contributed by atoms with E-state index in [9.17, 15) is 0 Å². The number of para-hydroxylation sites is 1. The van der Waals surface area contributed by atoms with Gasteiger partial charge in [-0.1, -0.05) is 17.7 Å². The molecule has 1 heterocycles. The number of fused-ring (bicyclic) bond motifs is 1. The first-order valence-corrected chi connectivity index (χ1v) is 6.94. The highest BCUT2D eigenvalue weighted by atomic mass is 35.5. The van der Waals surface area contributed by atoms with E-state index in [-0.39, 0.29) is 0 Å². The normalized spacial score (nSPS) is 15.6. The maximum atomic E-state index is 6.29. The van der Waals surface area contributed by atoms with Crippen LogP contribution in [0.2, 0.25) is 5.02 Å². The van der Waals surface area contributed by atoms with E-state index in [0.717, 1.165) is 34.7 Å². The lowest BCUT2D eigenvalue weighted by atomic mass is 10.3. The van der Waals surface area contributed by atoms with Gasteiger partial charge in [0.05, 0.1) is 16.1 Å². The van der Waals surface area contributed by atoms with Gasteiger partial charge in [0.15, 0.2) is 0 Å². The summed E-state index contributed by atoms with van der Waals surface area (Å²) in [4.78, 5) is 4.69. The van der Waals surface area contributed by atoms with E-state index < -0.39 is 0 Å². The summed E-state index contributed by atoms with van der Waals surface area (Å²) in [6.07, 6.45) is 4.38. The molecular formula is C13H14Cl2N2. The molecule has 90 valence electrons. The first-order chi connectivity index (χ1) is 8.31. The number of rotatable bonds is 4. The quantitative estimate of drug-likeness (QED) is 0.761. The number of hydrogen-bond donors (Lipinski definition) is 0. The third-order valence-electron chi connectivity index (χ3n) is 3.18. The van der Waals surface area contributed by atoms with Crippen LogP contribution in [0.25, 0.3) is 11.0 Å². The zero-order valence-electron chi connectivity index (χ0n) is 9.50. The molecule has 1 saturated carbocycles. The second-order valence-electron chi connectivity index (χ2n) is 4.53. The van der Waals surface area contributed by atoms with Gasteiger partial charge in [0.25, 0.3) is 0 Å². The largest absolute Gasteiger partial charge is 0.324 e. The first-order valence-electron chi connectivity index (χ1n) is 6.02. The Kier molecular flexibility index (Phi) is 3.01. The fraction of sp³-hybridized carbons (Fsp3) is 0.462. The molecule has 4 heteroatoms. The van der Waals surface area contributed by atoms with Gasteiger partial charge in [-0.2, -0.15) is 0 Å². The molecule has 0 spiro atoms. The molecule has 2 aromatic rings. The number of halogens is 2. The van der Waals surface area contributed by atoms with Crippen molar-refractivity contribution in [1.82, 2.24) is 9.55 Å². The summed E-state index contributed by atoms with van der Waals surface area (Å²) in [7, 11) is 0. The topological polar surface area (TPSA) is 17.8 Å². The maximum absolute atomic E-state index is 6.29. The third kappa shape index (κ3) is 2.04. The molecule has 1 aliphatic carbocycles. The molecule has 1 fully saturated rings. The first kappa shape index (κ1) is 11.4. The van der Waals surface area contributed by atoms with Gasteiger partial charge in [-0.25, -0.2) is 4.98 Å². The summed E-state index contributed by atoms with van der Waals surface area (Å²) < 4.78 is 2.32. The highest BCUT2D eigenvalue weighted by molar-refractivity contribution is 6.35. The molecule has 0 atom stereocenters. The van der Waals surface area contributed by atoms with Crippen molar-refractivity contribution in [3.63, 3.8) is 0 Å². The standard InChI is InChI=1S/C13H14Cl2N2/c14-8-2-5-12-16-11-4-1-3-10(15)13(11)17(12)9-6-7-9/h1,3-4,9H,2,5-8H2. The van der Waals surface area contributed by atoms with Gasteiger partial charge in [0.2, 0.25) is 0 Å². The van der Waals surface area contributed by atoms with Gasteiger partial charge >= 0.3 is 0 Å². The number of aryl methyl sites for hydroxylation is 1. The summed E-state index contributed by atoms with van der Waals surface area (Å²) in [5.74, 6) is 1.82. The Morgan fingerprint density at radius 2 is 2.18 bits per heavy atom. The van der Waals surface area contributed by atoms with Crippen LogP contribution >= 0.6 is 23.2 Å². The maximum Gasteiger partial charge on any atom is 0.110 e. The molecule has 17 heavy (non-hydrogen) atoms. The summed E-state index contributed by atoms with van der Waals surface area (Å²) in [6.45, 7) is 0. The van der Waals surface area contributed by atoms with E-state index in [1.54, 1.807) is 0 Å². The van der Waals surface area contributed by atoms with Crippen molar-refractivity contribution < 1.29 is 0 Å². The van der Waals surface area contributed by atoms with Crippen molar-refractivity contribution in [2.45, 2.75) is 31.7 Å². The van der Waals surface area contributed by atoms with Gasteiger partial charge in [-0.15, -0.1) is 11.6 Å². The predicted octanol–water partition coefficient (Wildman–Crippen LogP) is 4.20. The minimum Gasteiger partial charge on any atom is -0.324 e. The van der Waals surface area contributed by atoms with Crippen LogP contribution in [0, 0.1) is 0 Å². The molecule has 0 unspecified atom stereocenters. The SMILES string of the molecule is ClCCCc1nc2cccc(Cl)c2n1C1CC1. The van der Waals surface area contributed by atoms with Gasteiger partial charge in [-0.3, -0.25) is 0 Å². The van der Waals surface area contributed by atoms with Crippen LogP contribution in [0.5, 0.6) is 0 Å². The van der Waals surface area contributed by atoms with Gasteiger partial charge in [0.1, 0.15) is 5.82 Å². The Morgan fingerprint density at radius 1 is 1.35 bits per heavy atom. The summed E-state index contributed by atoms with van der Waals surface area (Å²) in [5.41, 5.74) is 2.11. The number of imidazole rings is 1. The van der Waals surface area contributed by atoms with E-state index in [4.69, 9.17) is 28.2 Å². The van der Waals surface area contributed by atoms with E-state index in [1.807, 2.05) is 18.2 Å². The van der Waals surface area contributed by atoms with E-state index in [0.29, 0.717) is 11.9 Å². The minimum absolute atomic E-state index is 0.602. The molecule has 3 rings (SSSR count). The van der Waals surface area contributed by atoms with E-state index in [1.165, 1.54) is 12.8 Å². The molecule has 1 aromatic carbocycles. The lowest BCUT2D eigenvalue weighted by Gasteiger charge is -2.07. The monoisotopic (exact) mass is 268 g/mol. The fourth-order valence-electron chi connectivity index (χ4n) is 2.28. The summed E-state index contributed by atoms with van der Waals surface area (Å²) in [5, 5.41) is 0.805. The zero-order valence-corrected chi connectivity index (χ0v) is 11.0. The van der Waals surface area contributed by atoms with Crippen LogP contribution in [0.1, 0.15) is 31.1 Å². The van der Waals surface area contributed by atoms with Crippen molar-refractivity contribution in [2.75, 3.05) is 5.88 Å². The highest BCUT2D eigenvalue weighted by Gasteiger charge is 2.28. The molecule has 0 saturated heterocycles. The number of nitrogens with zero attached hydrogens (tertiary/aromatic N) is 2. The third-order valence-corrected chi connectivity index (χ3v) is 3.75. The van der Waals surface area contributed by atoms with Gasteiger partial charge in [0, 0.05) is 18.3 Å². The number of benzene rings is 1. The molecule has 1 aliphatic rings. The molecular weight excluding hydrogens is 255 g/mol. The lowest BCUT2D eigenvalue weighted by molar-refractivity contribution is 0.687. The second-order valence-corrected chi connectivity index (χ2v) is 5.31. The van der Waals surface area contributed by atoms with Crippen LogP contribution in [0.15, 0.2) is 18.2 Å². The van der Waals surface area contributed by atoms with Gasteiger partial charge < -0.3 is 4.57 Å². The molecule has 0 N–H and O–H groups in total. The van der Waals surface area contributed by atoms with Gasteiger partial charge in [-0.05, 0) is 31.4 Å². The number of alkyl halides is 1. The number of hydrogen-bond acceptors (Lipinski definition) is 1. The zero-order chi connectivity index (χ0) is 11.8. The summed E-state index contributed by atoms with van der Waals surface area (Å²) in [6, 6.07) is 6.53. The Bertz CT molecular complexity index is 544. The average molecular weight is 269 g/mol. The highest BCUT2D eigenvalue weighted by Crippen LogP contribution is 2.40. The van der Waals surface area contributed by atoms with E-state index in [2.05, 4.69) is 4.57 Å². The van der Waals surface area contributed by atoms with Crippen molar-refractivity contribution >= 4 is 34.2 Å². The van der Waals surface area contributed by atoms with E-state index >= 15 is 0 Å². The fourth-order valence-corrected chi connectivity index (χ4v) is 2.68. The smallest absolute Gasteiger partial charge is 0.110 e. The van der Waals surface area contributed by atoms with Crippen LogP contribution in [-0.2, 0) is 6.42 Å². The van der Waals surface area contributed by atoms with Crippen molar-refractivity contribution in [1.29, 1.82) is 0 Å². The molecule has 0 amide bonds. The lowest BCUT2D eigenvalue weighted by Crippen LogP contribution is -2.02. The van der Waals surface area contributed by atoms with Crippen molar-refractivity contribution in [3.8, 4) is 0 Å². The van der Waals surface area contributed by atoms with Crippen LogP contribution in [-0.4, -0.2) is 15.4 Å². The summed E-state index contributed by atoms with van der Waals surface area (Å²) >= 11 is 12.1. The van der Waals surface area contributed by atoms with Crippen LogP contribution in [0.4, 0.5) is 0 Å². The van der Waals surface area contributed by atoms with Crippen LogP contribution < -0.4 is 0 Å². The predicted molar refractivity (Wildman–Crippen MR) is 72.1 cm³/mol. The number of aromatic nitrogens is 2. The van der Waals surface area contributed by atoms with Crippen molar-refractivity contribution in [2.24, 2.45) is 0 Å². The Labute approximate surface area is 111 Å². The Hall–Kier alpha value is -0.730. The Morgan fingerprint density at radius 3 is 2.88 bits per heavy atom. The van der Waals surface area contributed by atoms with Crippen LogP contribution in [0.3, 0.4) is 0 Å². The molecule has 0 bridgehead atoms. The van der Waals surface area contributed by atoms with Crippen molar-refractivity contribution in [3.05, 3.63) is 29.0 Å². The Balaban J connectivity index is 2.14. The minimum atomic E-state index is 0.602. The average Bonchev–Trinajstić information content (AvgIpc) is 3.08. The molecule has 0 radical (unpaired) electrons. The molecule has 1 aromatic heterocycles. The molecule has 2 nitrogen and oxygen atoms in total. The molecule has 0 aliphatic heterocycles.